The first-order chi connectivity index (χ1) is 12.6. The minimum atomic E-state index is -0.417. The molecule has 0 atom stereocenters. The third kappa shape index (κ3) is 3.36. The molecule has 4 rings (SSSR count). The van der Waals surface area contributed by atoms with Gasteiger partial charge >= 0.3 is 0 Å². The van der Waals surface area contributed by atoms with E-state index in [0.717, 1.165) is 50.7 Å². The number of anilines is 1. The van der Waals surface area contributed by atoms with Crippen LogP contribution in [0, 0.1) is 17.6 Å². The standard InChI is InChI=1S/C21H22F2N2O/c22-18-5-6-19(23)17(13-18)14-24-10-7-16(8-11-24)21(26)25-12-9-15-3-1-2-4-20(15)25/h1-6,13,16H,7-12,14H2. The molecule has 2 aromatic carbocycles. The molecule has 2 aromatic rings. The van der Waals surface area contributed by atoms with Gasteiger partial charge in [0.1, 0.15) is 11.6 Å². The van der Waals surface area contributed by atoms with Crippen LogP contribution in [0.4, 0.5) is 14.5 Å². The average Bonchev–Trinajstić information content (AvgIpc) is 3.09. The van der Waals surface area contributed by atoms with Crippen LogP contribution in [0.3, 0.4) is 0 Å². The average molecular weight is 356 g/mol. The summed E-state index contributed by atoms with van der Waals surface area (Å²) < 4.78 is 27.1. The van der Waals surface area contributed by atoms with Gasteiger partial charge in [-0.05, 0) is 62.2 Å². The number of hydrogen-bond acceptors (Lipinski definition) is 2. The summed E-state index contributed by atoms with van der Waals surface area (Å²) in [4.78, 5) is 16.9. The van der Waals surface area contributed by atoms with E-state index in [2.05, 4.69) is 11.0 Å². The lowest BCUT2D eigenvalue weighted by molar-refractivity contribution is -0.123. The Morgan fingerprint density at radius 1 is 1.04 bits per heavy atom. The Hall–Kier alpha value is -2.27. The van der Waals surface area contributed by atoms with E-state index in [1.165, 1.54) is 17.7 Å². The van der Waals surface area contributed by atoms with Gasteiger partial charge in [-0.1, -0.05) is 18.2 Å². The highest BCUT2D eigenvalue weighted by Gasteiger charge is 2.32. The van der Waals surface area contributed by atoms with Crippen molar-refractivity contribution in [1.82, 2.24) is 4.90 Å². The maximum absolute atomic E-state index is 13.8. The van der Waals surface area contributed by atoms with E-state index in [0.29, 0.717) is 12.1 Å². The first kappa shape index (κ1) is 17.2. The van der Waals surface area contributed by atoms with Crippen LogP contribution in [0.25, 0.3) is 0 Å². The summed E-state index contributed by atoms with van der Waals surface area (Å²) in [6.45, 7) is 2.59. The second-order valence-corrected chi connectivity index (χ2v) is 7.15. The molecular weight excluding hydrogens is 334 g/mol. The predicted octanol–water partition coefficient (Wildman–Crippen LogP) is 3.77. The number of hydrogen-bond donors (Lipinski definition) is 0. The zero-order valence-corrected chi connectivity index (χ0v) is 14.6. The van der Waals surface area contributed by atoms with Crippen molar-refractivity contribution in [3.05, 3.63) is 65.2 Å². The van der Waals surface area contributed by atoms with E-state index in [1.807, 2.05) is 23.1 Å². The second kappa shape index (κ2) is 7.16. The zero-order valence-electron chi connectivity index (χ0n) is 14.6. The highest BCUT2D eigenvalue weighted by atomic mass is 19.1. The molecule has 0 saturated carbocycles. The molecule has 0 aromatic heterocycles. The molecule has 0 radical (unpaired) electrons. The van der Waals surface area contributed by atoms with E-state index in [1.54, 1.807) is 0 Å². The third-order valence-corrected chi connectivity index (χ3v) is 5.49. The van der Waals surface area contributed by atoms with Gasteiger partial charge < -0.3 is 4.90 Å². The van der Waals surface area contributed by atoms with Crippen molar-refractivity contribution in [2.75, 3.05) is 24.5 Å². The highest BCUT2D eigenvalue weighted by molar-refractivity contribution is 5.97. The summed E-state index contributed by atoms with van der Waals surface area (Å²) in [5.41, 5.74) is 2.66. The third-order valence-electron chi connectivity index (χ3n) is 5.49. The van der Waals surface area contributed by atoms with Gasteiger partial charge in [0.25, 0.3) is 0 Å². The Morgan fingerprint density at radius 3 is 2.62 bits per heavy atom. The maximum Gasteiger partial charge on any atom is 0.230 e. The van der Waals surface area contributed by atoms with Gasteiger partial charge in [-0.15, -0.1) is 0 Å². The molecule has 2 aliphatic heterocycles. The van der Waals surface area contributed by atoms with Crippen LogP contribution in [0.15, 0.2) is 42.5 Å². The van der Waals surface area contributed by atoms with E-state index in [4.69, 9.17) is 0 Å². The van der Waals surface area contributed by atoms with Gasteiger partial charge in [0.05, 0.1) is 0 Å². The van der Waals surface area contributed by atoms with Crippen LogP contribution in [0.1, 0.15) is 24.0 Å². The van der Waals surface area contributed by atoms with Crippen molar-refractivity contribution < 1.29 is 13.6 Å². The molecular formula is C21H22F2N2O. The van der Waals surface area contributed by atoms with Crippen molar-refractivity contribution in [3.8, 4) is 0 Å². The van der Waals surface area contributed by atoms with Gasteiger partial charge in [-0.25, -0.2) is 8.78 Å². The van der Waals surface area contributed by atoms with Gasteiger partial charge in [-0.2, -0.15) is 0 Å². The van der Waals surface area contributed by atoms with Crippen LogP contribution < -0.4 is 4.90 Å². The monoisotopic (exact) mass is 356 g/mol. The molecule has 1 amide bonds. The molecule has 2 heterocycles. The molecule has 2 aliphatic rings. The van der Waals surface area contributed by atoms with Gasteiger partial charge in [-0.3, -0.25) is 9.69 Å². The van der Waals surface area contributed by atoms with Crippen LogP contribution in [0.2, 0.25) is 0 Å². The molecule has 0 unspecified atom stereocenters. The molecule has 26 heavy (non-hydrogen) atoms. The lowest BCUT2D eigenvalue weighted by Crippen LogP contribution is -2.42. The summed E-state index contributed by atoms with van der Waals surface area (Å²) in [6.07, 6.45) is 2.43. The van der Waals surface area contributed by atoms with Gasteiger partial charge in [0.15, 0.2) is 0 Å². The van der Waals surface area contributed by atoms with Crippen molar-refractivity contribution in [2.45, 2.75) is 25.8 Å². The Morgan fingerprint density at radius 2 is 1.81 bits per heavy atom. The fourth-order valence-corrected chi connectivity index (χ4v) is 4.03. The molecule has 136 valence electrons. The largest absolute Gasteiger partial charge is 0.312 e. The number of likely N-dealkylation sites (tertiary alicyclic amines) is 1. The Bertz CT molecular complexity index is 815. The molecule has 5 heteroatoms. The smallest absolute Gasteiger partial charge is 0.230 e. The zero-order chi connectivity index (χ0) is 18.1. The van der Waals surface area contributed by atoms with Gasteiger partial charge in [0.2, 0.25) is 5.91 Å². The molecule has 3 nitrogen and oxygen atoms in total. The first-order valence-corrected chi connectivity index (χ1v) is 9.17. The number of carbonyl (C=O) groups excluding carboxylic acids is 1. The quantitative estimate of drug-likeness (QED) is 0.836. The summed E-state index contributed by atoms with van der Waals surface area (Å²) in [5.74, 6) is -0.585. The fraction of sp³-hybridized carbons (Fsp3) is 0.381. The van der Waals surface area contributed by atoms with Gasteiger partial charge in [0, 0.05) is 30.3 Å². The highest BCUT2D eigenvalue weighted by Crippen LogP contribution is 2.31. The topological polar surface area (TPSA) is 23.6 Å². The van der Waals surface area contributed by atoms with E-state index < -0.39 is 5.82 Å². The summed E-state index contributed by atoms with van der Waals surface area (Å²) in [7, 11) is 0. The second-order valence-electron chi connectivity index (χ2n) is 7.15. The lowest BCUT2D eigenvalue weighted by atomic mass is 9.94. The Labute approximate surface area is 152 Å². The minimum Gasteiger partial charge on any atom is -0.312 e. The summed E-state index contributed by atoms with van der Waals surface area (Å²) in [5, 5.41) is 0. The number of fused-ring (bicyclic) bond motifs is 1. The Balaban J connectivity index is 1.37. The SMILES string of the molecule is O=C(C1CCN(Cc2cc(F)ccc2F)CC1)N1CCc2ccccc21. The molecule has 1 fully saturated rings. The Kier molecular flexibility index (Phi) is 4.72. The van der Waals surface area contributed by atoms with Crippen molar-refractivity contribution in [1.29, 1.82) is 0 Å². The van der Waals surface area contributed by atoms with Crippen molar-refractivity contribution in [3.63, 3.8) is 0 Å². The number of amides is 1. The number of benzene rings is 2. The number of piperidine rings is 1. The van der Waals surface area contributed by atoms with Crippen LogP contribution >= 0.6 is 0 Å². The predicted molar refractivity (Wildman–Crippen MR) is 96.9 cm³/mol. The molecule has 0 N–H and O–H groups in total. The van der Waals surface area contributed by atoms with Crippen LogP contribution in [-0.2, 0) is 17.8 Å². The van der Waals surface area contributed by atoms with E-state index in [-0.39, 0.29) is 17.6 Å². The summed E-state index contributed by atoms with van der Waals surface area (Å²) in [6, 6.07) is 11.6. The number of carbonyl (C=O) groups is 1. The molecule has 1 saturated heterocycles. The first-order valence-electron chi connectivity index (χ1n) is 9.17. The molecule has 0 bridgehead atoms. The van der Waals surface area contributed by atoms with Crippen LogP contribution in [-0.4, -0.2) is 30.4 Å². The van der Waals surface area contributed by atoms with E-state index >= 15 is 0 Å². The molecule has 0 aliphatic carbocycles. The number of nitrogens with zero attached hydrogens (tertiary/aromatic N) is 2. The maximum atomic E-state index is 13.8. The number of rotatable bonds is 3. The normalized spacial score (nSPS) is 18.2. The van der Waals surface area contributed by atoms with Crippen molar-refractivity contribution in [2.24, 2.45) is 5.92 Å². The van der Waals surface area contributed by atoms with Crippen molar-refractivity contribution >= 4 is 11.6 Å². The van der Waals surface area contributed by atoms with Crippen LogP contribution in [0.5, 0.6) is 0 Å². The number of para-hydroxylation sites is 1. The van der Waals surface area contributed by atoms with E-state index in [9.17, 15) is 13.6 Å². The molecule has 0 spiro atoms. The fourth-order valence-electron chi connectivity index (χ4n) is 4.03. The number of halogens is 2. The summed E-state index contributed by atoms with van der Waals surface area (Å²) >= 11 is 0. The lowest BCUT2D eigenvalue weighted by Gasteiger charge is -2.33. The minimum absolute atomic E-state index is 0.00904.